The highest BCUT2D eigenvalue weighted by Gasteiger charge is 2.33. The number of ether oxygens (including phenoxy) is 1. The van der Waals surface area contributed by atoms with Crippen molar-refractivity contribution in [2.75, 3.05) is 13.2 Å². The maximum absolute atomic E-state index is 11.5. The summed E-state index contributed by atoms with van der Waals surface area (Å²) in [7, 11) is 0. The van der Waals surface area contributed by atoms with Crippen molar-refractivity contribution in [1.82, 2.24) is 9.88 Å². The number of nitrogens with two attached hydrogens (primary N) is 1. The molecule has 2 heterocycles. The number of amides is 1. The Bertz CT molecular complexity index is 441. The molecule has 0 saturated carbocycles. The van der Waals surface area contributed by atoms with Crippen LogP contribution in [0.5, 0.6) is 0 Å². The largest absolute Gasteiger partial charge is 0.375 e. The van der Waals surface area contributed by atoms with Gasteiger partial charge in [0, 0.05) is 25.5 Å². The standard InChI is InChI=1S/C12H16ClN3O2/c1-8-11(12(14)17)16(4-5-18-8)7-9-2-3-15-6-10(9)13/h2-3,6,8,11H,4-5,7H2,1H3,(H2,14,17)/t8-,11+/m1/s1. The van der Waals surface area contributed by atoms with Gasteiger partial charge < -0.3 is 10.5 Å². The molecule has 0 aliphatic carbocycles. The number of pyridine rings is 1. The van der Waals surface area contributed by atoms with E-state index in [-0.39, 0.29) is 12.0 Å². The normalized spacial score (nSPS) is 25.0. The van der Waals surface area contributed by atoms with Crippen LogP contribution in [0.4, 0.5) is 0 Å². The Kier molecular flexibility index (Phi) is 4.16. The first kappa shape index (κ1) is 13.3. The molecule has 1 aliphatic heterocycles. The van der Waals surface area contributed by atoms with Crippen LogP contribution in [0.25, 0.3) is 0 Å². The van der Waals surface area contributed by atoms with Crippen molar-refractivity contribution < 1.29 is 9.53 Å². The Hall–Kier alpha value is -1.17. The zero-order valence-electron chi connectivity index (χ0n) is 10.2. The predicted molar refractivity (Wildman–Crippen MR) is 68.1 cm³/mol. The lowest BCUT2D eigenvalue weighted by molar-refractivity contribution is -0.136. The molecular weight excluding hydrogens is 254 g/mol. The molecule has 1 amide bonds. The molecule has 1 fully saturated rings. The Morgan fingerprint density at radius 1 is 1.72 bits per heavy atom. The third-order valence-electron chi connectivity index (χ3n) is 3.12. The van der Waals surface area contributed by atoms with Gasteiger partial charge in [-0.15, -0.1) is 0 Å². The number of morpholine rings is 1. The van der Waals surface area contributed by atoms with Crippen molar-refractivity contribution in [3.63, 3.8) is 0 Å². The monoisotopic (exact) mass is 269 g/mol. The number of hydrogen-bond donors (Lipinski definition) is 1. The molecule has 98 valence electrons. The van der Waals surface area contributed by atoms with Gasteiger partial charge in [0.25, 0.3) is 0 Å². The first-order valence-electron chi connectivity index (χ1n) is 5.83. The van der Waals surface area contributed by atoms with E-state index in [0.29, 0.717) is 24.7 Å². The first-order chi connectivity index (χ1) is 8.59. The van der Waals surface area contributed by atoms with Crippen LogP contribution in [0.15, 0.2) is 18.5 Å². The van der Waals surface area contributed by atoms with Crippen LogP contribution in [-0.4, -0.2) is 41.1 Å². The van der Waals surface area contributed by atoms with Gasteiger partial charge in [-0.25, -0.2) is 0 Å². The summed E-state index contributed by atoms with van der Waals surface area (Å²) in [4.78, 5) is 17.4. The second-order valence-electron chi connectivity index (χ2n) is 4.36. The van der Waals surface area contributed by atoms with Crippen LogP contribution in [0, 0.1) is 0 Å². The van der Waals surface area contributed by atoms with Gasteiger partial charge in [0.05, 0.1) is 17.7 Å². The van der Waals surface area contributed by atoms with E-state index in [9.17, 15) is 4.79 Å². The van der Waals surface area contributed by atoms with Gasteiger partial charge in [-0.1, -0.05) is 11.6 Å². The zero-order chi connectivity index (χ0) is 13.1. The Morgan fingerprint density at radius 3 is 3.17 bits per heavy atom. The van der Waals surface area contributed by atoms with E-state index < -0.39 is 6.04 Å². The summed E-state index contributed by atoms with van der Waals surface area (Å²) >= 11 is 6.07. The molecule has 5 nitrogen and oxygen atoms in total. The van der Waals surface area contributed by atoms with Crippen molar-refractivity contribution in [3.8, 4) is 0 Å². The number of halogens is 1. The summed E-state index contributed by atoms with van der Waals surface area (Å²) in [6.45, 7) is 3.68. The fraction of sp³-hybridized carbons (Fsp3) is 0.500. The van der Waals surface area contributed by atoms with Gasteiger partial charge in [0.15, 0.2) is 0 Å². The molecule has 2 atom stereocenters. The summed E-state index contributed by atoms with van der Waals surface area (Å²) in [6.07, 6.45) is 3.08. The van der Waals surface area contributed by atoms with Crippen LogP contribution >= 0.6 is 11.6 Å². The summed E-state index contributed by atoms with van der Waals surface area (Å²) in [6, 6.07) is 1.43. The van der Waals surface area contributed by atoms with Crippen molar-refractivity contribution in [1.29, 1.82) is 0 Å². The molecule has 0 bridgehead atoms. The first-order valence-corrected chi connectivity index (χ1v) is 6.20. The van der Waals surface area contributed by atoms with E-state index >= 15 is 0 Å². The topological polar surface area (TPSA) is 68.4 Å². The number of primary amides is 1. The van der Waals surface area contributed by atoms with E-state index in [4.69, 9.17) is 22.1 Å². The summed E-state index contributed by atoms with van der Waals surface area (Å²) in [5.74, 6) is -0.368. The van der Waals surface area contributed by atoms with E-state index in [2.05, 4.69) is 4.98 Å². The Balaban J connectivity index is 2.16. The van der Waals surface area contributed by atoms with E-state index in [0.717, 1.165) is 5.56 Å². The SMILES string of the molecule is C[C@H]1OCCN(Cc2ccncc2Cl)[C@@H]1C(N)=O. The lowest BCUT2D eigenvalue weighted by Gasteiger charge is -2.37. The highest BCUT2D eigenvalue weighted by Crippen LogP contribution is 2.20. The van der Waals surface area contributed by atoms with Gasteiger partial charge in [-0.05, 0) is 18.6 Å². The van der Waals surface area contributed by atoms with Crippen LogP contribution in [0.3, 0.4) is 0 Å². The van der Waals surface area contributed by atoms with Crippen LogP contribution in [0.2, 0.25) is 5.02 Å². The molecule has 6 heteroatoms. The molecule has 2 N–H and O–H groups in total. The van der Waals surface area contributed by atoms with Gasteiger partial charge in [0.2, 0.25) is 5.91 Å². The predicted octanol–water partition coefficient (Wildman–Crippen LogP) is 0.810. The maximum atomic E-state index is 11.5. The van der Waals surface area contributed by atoms with Gasteiger partial charge >= 0.3 is 0 Å². The van der Waals surface area contributed by atoms with E-state index in [1.165, 1.54) is 0 Å². The number of hydrogen-bond acceptors (Lipinski definition) is 4. The number of rotatable bonds is 3. The Morgan fingerprint density at radius 2 is 2.50 bits per heavy atom. The van der Waals surface area contributed by atoms with Crippen molar-refractivity contribution in [2.24, 2.45) is 5.73 Å². The minimum absolute atomic E-state index is 0.197. The zero-order valence-corrected chi connectivity index (χ0v) is 10.9. The average Bonchev–Trinajstić information content (AvgIpc) is 2.31. The lowest BCUT2D eigenvalue weighted by atomic mass is 10.1. The average molecular weight is 270 g/mol. The minimum Gasteiger partial charge on any atom is -0.375 e. The van der Waals surface area contributed by atoms with E-state index in [1.54, 1.807) is 12.4 Å². The quantitative estimate of drug-likeness (QED) is 0.882. The molecule has 0 radical (unpaired) electrons. The third kappa shape index (κ3) is 2.80. The van der Waals surface area contributed by atoms with Gasteiger partial charge in [0.1, 0.15) is 6.04 Å². The van der Waals surface area contributed by atoms with Crippen molar-refractivity contribution >= 4 is 17.5 Å². The highest BCUT2D eigenvalue weighted by molar-refractivity contribution is 6.31. The summed E-state index contributed by atoms with van der Waals surface area (Å²) in [5, 5.41) is 0.597. The number of carbonyl (C=O) groups excluding carboxylic acids is 1. The molecule has 1 aliphatic rings. The van der Waals surface area contributed by atoms with Gasteiger partial charge in [-0.3, -0.25) is 14.7 Å². The second-order valence-corrected chi connectivity index (χ2v) is 4.77. The maximum Gasteiger partial charge on any atom is 0.237 e. The third-order valence-corrected chi connectivity index (χ3v) is 3.46. The van der Waals surface area contributed by atoms with Crippen molar-refractivity contribution in [2.45, 2.75) is 25.6 Å². The molecule has 18 heavy (non-hydrogen) atoms. The van der Waals surface area contributed by atoms with E-state index in [1.807, 2.05) is 17.9 Å². The smallest absolute Gasteiger partial charge is 0.237 e. The fourth-order valence-electron chi connectivity index (χ4n) is 2.22. The molecule has 0 aromatic carbocycles. The Labute approximate surface area is 111 Å². The molecule has 0 spiro atoms. The minimum atomic E-state index is -0.414. The van der Waals surface area contributed by atoms with Crippen molar-refractivity contribution in [3.05, 3.63) is 29.0 Å². The van der Waals surface area contributed by atoms with Gasteiger partial charge in [-0.2, -0.15) is 0 Å². The van der Waals surface area contributed by atoms with Crippen LogP contribution in [0.1, 0.15) is 12.5 Å². The molecule has 2 rings (SSSR count). The number of nitrogens with zero attached hydrogens (tertiary/aromatic N) is 2. The highest BCUT2D eigenvalue weighted by atomic mass is 35.5. The molecule has 1 saturated heterocycles. The number of aromatic nitrogens is 1. The molecule has 1 aromatic heterocycles. The fourth-order valence-corrected chi connectivity index (χ4v) is 2.40. The lowest BCUT2D eigenvalue weighted by Crippen LogP contribution is -2.56. The molecular formula is C12H16ClN3O2. The summed E-state index contributed by atoms with van der Waals surface area (Å²) in [5.41, 5.74) is 6.37. The molecule has 1 aromatic rings. The number of carbonyl (C=O) groups is 1. The van der Waals surface area contributed by atoms with Crippen LogP contribution < -0.4 is 5.73 Å². The molecule has 0 unspecified atom stereocenters. The second kappa shape index (κ2) is 5.65. The summed E-state index contributed by atoms with van der Waals surface area (Å²) < 4.78 is 5.46. The van der Waals surface area contributed by atoms with Crippen LogP contribution in [-0.2, 0) is 16.1 Å².